The van der Waals surface area contributed by atoms with Crippen LogP contribution >= 0.6 is 0 Å². The number of aliphatic hydroxyl groups excluding tert-OH is 1. The molecule has 1 saturated carbocycles. The van der Waals surface area contributed by atoms with E-state index in [4.69, 9.17) is 14.2 Å². The van der Waals surface area contributed by atoms with Crippen LogP contribution in [0.3, 0.4) is 0 Å². The lowest BCUT2D eigenvalue weighted by Gasteiger charge is -2.39. The van der Waals surface area contributed by atoms with Crippen LogP contribution in [0.1, 0.15) is 56.3 Å². The number of urea groups is 1. The highest BCUT2D eigenvalue weighted by Gasteiger charge is 2.35. The van der Waals surface area contributed by atoms with Crippen molar-refractivity contribution in [3.05, 3.63) is 42.0 Å². The predicted molar refractivity (Wildman–Crippen MR) is 157 cm³/mol. The lowest BCUT2D eigenvalue weighted by Crippen LogP contribution is -2.50. The van der Waals surface area contributed by atoms with Crippen LogP contribution in [0.4, 0.5) is 16.2 Å². The van der Waals surface area contributed by atoms with Crippen molar-refractivity contribution in [2.75, 3.05) is 50.7 Å². The molecule has 2 aliphatic heterocycles. The van der Waals surface area contributed by atoms with Crippen LogP contribution in [-0.2, 0) is 0 Å². The van der Waals surface area contributed by atoms with Gasteiger partial charge < -0.3 is 39.8 Å². The Bertz CT molecular complexity index is 1230. The van der Waals surface area contributed by atoms with Gasteiger partial charge in [0.15, 0.2) is 17.2 Å². The molecule has 10 nitrogen and oxygen atoms in total. The molecule has 2 aromatic rings. The van der Waals surface area contributed by atoms with E-state index in [0.29, 0.717) is 53.2 Å². The summed E-state index contributed by atoms with van der Waals surface area (Å²) in [5, 5.41) is 15.7. The van der Waals surface area contributed by atoms with Crippen LogP contribution in [0, 0.1) is 11.8 Å². The molecule has 41 heavy (non-hydrogen) atoms. The van der Waals surface area contributed by atoms with Crippen molar-refractivity contribution in [3.8, 4) is 17.2 Å². The minimum Gasteiger partial charge on any atom is -0.486 e. The number of ether oxygens (including phenoxy) is 3. The van der Waals surface area contributed by atoms with Crippen LogP contribution in [0.25, 0.3) is 0 Å². The second-order valence-corrected chi connectivity index (χ2v) is 11.7. The summed E-state index contributed by atoms with van der Waals surface area (Å²) < 4.78 is 17.4. The molecule has 222 valence electrons. The van der Waals surface area contributed by atoms with Crippen molar-refractivity contribution in [1.82, 2.24) is 9.80 Å². The second-order valence-electron chi connectivity index (χ2n) is 11.7. The summed E-state index contributed by atoms with van der Waals surface area (Å²) in [5.74, 6) is 1.98. The number of amides is 3. The number of benzene rings is 2. The summed E-state index contributed by atoms with van der Waals surface area (Å²) in [6.07, 6.45) is 6.20. The summed E-state index contributed by atoms with van der Waals surface area (Å²) in [5.41, 5.74) is 1.30. The van der Waals surface area contributed by atoms with Crippen molar-refractivity contribution in [1.29, 1.82) is 0 Å². The number of para-hydroxylation sites is 1. The molecule has 0 spiro atoms. The number of aliphatic hydroxyl groups is 1. The van der Waals surface area contributed by atoms with Gasteiger partial charge >= 0.3 is 6.03 Å². The molecule has 5 rings (SSSR count). The van der Waals surface area contributed by atoms with Gasteiger partial charge in [0.05, 0.1) is 23.9 Å². The summed E-state index contributed by atoms with van der Waals surface area (Å²) in [6, 6.07) is 9.52. The maximum Gasteiger partial charge on any atom is 0.323 e. The van der Waals surface area contributed by atoms with Crippen molar-refractivity contribution in [3.63, 3.8) is 0 Å². The van der Waals surface area contributed by atoms with Gasteiger partial charge in [-0.05, 0) is 57.0 Å². The number of nitrogens with zero attached hydrogens (tertiary/aromatic N) is 2. The number of fused-ring (bicyclic) bond motifs is 2. The highest BCUT2D eigenvalue weighted by Crippen LogP contribution is 2.36. The molecule has 0 unspecified atom stereocenters. The van der Waals surface area contributed by atoms with Gasteiger partial charge in [0.2, 0.25) is 6.79 Å². The van der Waals surface area contributed by atoms with Crippen LogP contribution in [0.5, 0.6) is 17.2 Å². The van der Waals surface area contributed by atoms with Crippen LogP contribution < -0.4 is 24.8 Å². The largest absolute Gasteiger partial charge is 0.486 e. The summed E-state index contributed by atoms with van der Waals surface area (Å²) >= 11 is 0. The molecule has 2 aromatic carbocycles. The topological polar surface area (TPSA) is 113 Å². The number of hydrogen-bond donors (Lipinski definition) is 3. The summed E-state index contributed by atoms with van der Waals surface area (Å²) in [6.45, 7) is 6.08. The Kier molecular flexibility index (Phi) is 9.19. The minimum absolute atomic E-state index is 0.00887. The fourth-order valence-electron chi connectivity index (χ4n) is 6.01. The number of hydrogen-bond acceptors (Lipinski definition) is 7. The molecule has 3 amide bonds. The van der Waals surface area contributed by atoms with Crippen molar-refractivity contribution in [2.24, 2.45) is 11.8 Å². The molecular weight excluding hydrogens is 524 g/mol. The Labute approximate surface area is 241 Å². The molecule has 1 aliphatic carbocycles. The number of rotatable bonds is 8. The molecule has 3 atom stereocenters. The van der Waals surface area contributed by atoms with Crippen LogP contribution in [-0.4, -0.2) is 79.1 Å². The second kappa shape index (κ2) is 13.0. The zero-order valence-corrected chi connectivity index (χ0v) is 24.2. The van der Waals surface area contributed by atoms with E-state index in [1.807, 2.05) is 6.92 Å². The third-order valence-corrected chi connectivity index (χ3v) is 8.36. The number of carbonyl (C=O) groups excluding carboxylic acids is 2. The van der Waals surface area contributed by atoms with Gasteiger partial charge in [0.1, 0.15) is 6.10 Å². The van der Waals surface area contributed by atoms with Crippen LogP contribution in [0.15, 0.2) is 36.4 Å². The maximum atomic E-state index is 13.7. The third-order valence-electron chi connectivity index (χ3n) is 8.36. The summed E-state index contributed by atoms with van der Waals surface area (Å²) in [7, 11) is 2.13. The van der Waals surface area contributed by atoms with E-state index >= 15 is 0 Å². The zero-order chi connectivity index (χ0) is 28.9. The summed E-state index contributed by atoms with van der Waals surface area (Å²) in [4.78, 5) is 30.9. The molecule has 10 heteroatoms. The number of anilines is 2. The van der Waals surface area contributed by atoms with E-state index in [1.54, 1.807) is 41.3 Å². The molecule has 3 N–H and O–H groups in total. The Hall–Kier alpha value is -3.50. The Balaban J connectivity index is 1.38. The Morgan fingerprint density at radius 2 is 1.88 bits per heavy atom. The van der Waals surface area contributed by atoms with Gasteiger partial charge in [0, 0.05) is 37.3 Å². The molecule has 0 bridgehead atoms. The number of carbonyl (C=O) groups is 2. The number of nitrogens with one attached hydrogen (secondary N) is 2. The first-order valence-electron chi connectivity index (χ1n) is 14.7. The highest BCUT2D eigenvalue weighted by molar-refractivity contribution is 6.04. The lowest BCUT2D eigenvalue weighted by molar-refractivity contribution is 0.0333. The van der Waals surface area contributed by atoms with E-state index in [2.05, 4.69) is 29.5 Å². The predicted octanol–water partition coefficient (Wildman–Crippen LogP) is 4.79. The average Bonchev–Trinajstić information content (AvgIpc) is 3.43. The maximum absolute atomic E-state index is 13.7. The molecule has 0 saturated heterocycles. The first-order chi connectivity index (χ1) is 19.8. The molecule has 3 aliphatic rings. The van der Waals surface area contributed by atoms with Crippen molar-refractivity contribution in [2.45, 2.75) is 58.1 Å². The van der Waals surface area contributed by atoms with Gasteiger partial charge in [-0.25, -0.2) is 4.79 Å². The monoisotopic (exact) mass is 566 g/mol. The smallest absolute Gasteiger partial charge is 0.323 e. The van der Waals surface area contributed by atoms with Crippen molar-refractivity contribution < 1.29 is 28.9 Å². The van der Waals surface area contributed by atoms with Gasteiger partial charge in [-0.3, -0.25) is 4.79 Å². The minimum atomic E-state index is -0.477. The first kappa shape index (κ1) is 29.0. The standard InChI is InChI=1S/C31H42N4O6/c1-20-15-35(21(2)18-36)30(37)24-10-7-11-25(33-31(38)32-23-12-13-26-27(14-23)40-19-39-26)29(24)41-28(20)17-34(3)16-22-8-5-4-6-9-22/h7,10-14,20-22,28,36H,4-6,8-9,15-19H2,1-3H3,(H2,32,33,38)/t20-,21-,28-/m1/s1. The normalized spacial score (nSPS) is 21.5. The van der Waals surface area contributed by atoms with E-state index in [-0.39, 0.29) is 37.4 Å². The van der Waals surface area contributed by atoms with Gasteiger partial charge in [0.25, 0.3) is 5.91 Å². The van der Waals surface area contributed by atoms with Gasteiger partial charge in [-0.1, -0.05) is 32.3 Å². The SMILES string of the molecule is C[C@@H]1CN([C@H](C)CO)C(=O)c2cccc(NC(=O)Nc3ccc4c(c3)OCO4)c2O[C@@H]1CN(C)CC1CCCCC1. The van der Waals surface area contributed by atoms with E-state index in [0.717, 1.165) is 6.54 Å². The van der Waals surface area contributed by atoms with E-state index < -0.39 is 6.03 Å². The van der Waals surface area contributed by atoms with Gasteiger partial charge in [-0.2, -0.15) is 0 Å². The number of likely N-dealkylation sites (N-methyl/N-ethyl adjacent to an activating group) is 1. The highest BCUT2D eigenvalue weighted by atomic mass is 16.7. The third kappa shape index (κ3) is 6.87. The van der Waals surface area contributed by atoms with Crippen molar-refractivity contribution >= 4 is 23.3 Å². The lowest BCUT2D eigenvalue weighted by atomic mass is 9.89. The molecular formula is C31H42N4O6. The molecule has 0 aromatic heterocycles. The van der Waals surface area contributed by atoms with Gasteiger partial charge in [-0.15, -0.1) is 0 Å². The molecule has 2 heterocycles. The Morgan fingerprint density at radius 3 is 2.66 bits per heavy atom. The first-order valence-corrected chi connectivity index (χ1v) is 14.7. The Morgan fingerprint density at radius 1 is 1.10 bits per heavy atom. The fraction of sp³-hybridized carbons (Fsp3) is 0.548. The van der Waals surface area contributed by atoms with E-state index in [9.17, 15) is 14.7 Å². The quantitative estimate of drug-likeness (QED) is 0.421. The molecule has 1 fully saturated rings. The fourth-order valence-corrected chi connectivity index (χ4v) is 6.01. The van der Waals surface area contributed by atoms with Crippen LogP contribution in [0.2, 0.25) is 0 Å². The average molecular weight is 567 g/mol. The molecule has 0 radical (unpaired) electrons. The zero-order valence-electron chi connectivity index (χ0n) is 24.2. The van der Waals surface area contributed by atoms with E-state index in [1.165, 1.54) is 32.1 Å².